The lowest BCUT2D eigenvalue weighted by Gasteiger charge is -2.21. The van der Waals surface area contributed by atoms with Crippen LogP contribution in [0.3, 0.4) is 0 Å². The molecule has 28 heavy (non-hydrogen) atoms. The van der Waals surface area contributed by atoms with E-state index in [0.29, 0.717) is 0 Å². The van der Waals surface area contributed by atoms with E-state index >= 15 is 0 Å². The van der Waals surface area contributed by atoms with Crippen molar-refractivity contribution in [3.63, 3.8) is 0 Å². The van der Waals surface area contributed by atoms with Crippen molar-refractivity contribution in [1.82, 2.24) is 10.6 Å². The van der Waals surface area contributed by atoms with Crippen LogP contribution in [0.4, 0.5) is 13.6 Å². The van der Waals surface area contributed by atoms with Crippen LogP contribution in [0, 0.1) is 0 Å². The van der Waals surface area contributed by atoms with Crippen LogP contribution < -0.4 is 20.1 Å². The number of esters is 1. The minimum Gasteiger partial charge on any atom is -0.490 e. The predicted molar refractivity (Wildman–Crippen MR) is 95.5 cm³/mol. The molecule has 0 saturated carbocycles. The number of benzene rings is 1. The topological polar surface area (TPSA) is 103 Å². The van der Waals surface area contributed by atoms with E-state index in [1.807, 2.05) is 0 Å². The first-order chi connectivity index (χ1) is 12.9. The van der Waals surface area contributed by atoms with Crippen molar-refractivity contribution in [1.29, 1.82) is 0 Å². The molecule has 156 valence electrons. The van der Waals surface area contributed by atoms with Gasteiger partial charge in [-0.1, -0.05) is 0 Å². The molecule has 1 atom stereocenters. The van der Waals surface area contributed by atoms with E-state index in [2.05, 4.69) is 15.4 Å². The fourth-order valence-electron chi connectivity index (χ4n) is 1.96. The number of imide groups is 1. The van der Waals surface area contributed by atoms with Gasteiger partial charge in [0.05, 0.1) is 12.2 Å². The van der Waals surface area contributed by atoms with Gasteiger partial charge >= 0.3 is 18.6 Å². The van der Waals surface area contributed by atoms with Gasteiger partial charge < -0.3 is 19.5 Å². The lowest BCUT2D eigenvalue weighted by molar-refractivity contribution is -0.127. The molecule has 0 aliphatic heterocycles. The highest BCUT2D eigenvalue weighted by Gasteiger charge is 2.23. The number of nitrogens with one attached hydrogen (secondary N) is 2. The van der Waals surface area contributed by atoms with Gasteiger partial charge in [0, 0.05) is 5.54 Å². The number of urea groups is 1. The van der Waals surface area contributed by atoms with Crippen molar-refractivity contribution in [3.8, 4) is 11.5 Å². The van der Waals surface area contributed by atoms with Crippen LogP contribution in [0.5, 0.6) is 11.5 Å². The third-order valence-electron chi connectivity index (χ3n) is 3.07. The first kappa shape index (κ1) is 23.1. The summed E-state index contributed by atoms with van der Waals surface area (Å²) in [6, 6.07) is 2.77. The second-order valence-electron chi connectivity index (χ2n) is 6.71. The fraction of sp³-hybridized carbons (Fsp3) is 0.500. The molecule has 0 aliphatic carbocycles. The molecule has 10 heteroatoms. The highest BCUT2D eigenvalue weighted by atomic mass is 19.3. The van der Waals surface area contributed by atoms with Crippen molar-refractivity contribution < 1.29 is 37.4 Å². The smallest absolute Gasteiger partial charge is 0.387 e. The number of rotatable bonds is 7. The van der Waals surface area contributed by atoms with Crippen molar-refractivity contribution in [3.05, 3.63) is 23.8 Å². The lowest BCUT2D eigenvalue weighted by atomic mass is 10.1. The van der Waals surface area contributed by atoms with Gasteiger partial charge in [-0.3, -0.25) is 10.1 Å². The molecule has 1 aromatic carbocycles. The zero-order valence-corrected chi connectivity index (χ0v) is 16.3. The summed E-state index contributed by atoms with van der Waals surface area (Å²) < 4.78 is 39.3. The lowest BCUT2D eigenvalue weighted by Crippen LogP contribution is -2.50. The molecule has 0 spiro atoms. The van der Waals surface area contributed by atoms with E-state index in [1.165, 1.54) is 19.1 Å². The molecule has 2 N–H and O–H groups in total. The van der Waals surface area contributed by atoms with Crippen LogP contribution >= 0.6 is 0 Å². The summed E-state index contributed by atoms with van der Waals surface area (Å²) in [5.74, 6) is -2.03. The van der Waals surface area contributed by atoms with E-state index < -0.39 is 36.2 Å². The van der Waals surface area contributed by atoms with Crippen LogP contribution in [0.1, 0.15) is 45.0 Å². The van der Waals surface area contributed by atoms with Crippen LogP contribution in [0.15, 0.2) is 18.2 Å². The third kappa shape index (κ3) is 7.77. The zero-order valence-electron chi connectivity index (χ0n) is 16.3. The van der Waals surface area contributed by atoms with Crippen LogP contribution in [-0.2, 0) is 9.53 Å². The van der Waals surface area contributed by atoms with Crippen molar-refractivity contribution >= 4 is 17.9 Å². The maximum atomic E-state index is 12.4. The van der Waals surface area contributed by atoms with Crippen LogP contribution in [0.25, 0.3) is 0 Å². The molecule has 8 nitrogen and oxygen atoms in total. The normalized spacial score (nSPS) is 12.1. The van der Waals surface area contributed by atoms with Gasteiger partial charge in [-0.15, -0.1) is 0 Å². The Hall–Kier alpha value is -2.91. The van der Waals surface area contributed by atoms with Crippen molar-refractivity contribution in [2.24, 2.45) is 0 Å². The molecule has 0 radical (unpaired) electrons. The number of alkyl halides is 2. The summed E-state index contributed by atoms with van der Waals surface area (Å²) in [4.78, 5) is 35.9. The van der Waals surface area contributed by atoms with Gasteiger partial charge in [-0.2, -0.15) is 8.78 Å². The van der Waals surface area contributed by atoms with E-state index in [1.54, 1.807) is 27.7 Å². The number of carbonyl (C=O) groups excluding carboxylic acids is 3. The van der Waals surface area contributed by atoms with Gasteiger partial charge in [0.15, 0.2) is 17.6 Å². The summed E-state index contributed by atoms with van der Waals surface area (Å²) in [6.07, 6.45) is -1.27. The SMILES string of the molecule is CCOc1cc(C(=O)O[C@@H](C)C(=O)NC(=O)NC(C)(C)C)ccc1OC(F)F. The van der Waals surface area contributed by atoms with Gasteiger partial charge in [-0.05, 0) is 52.8 Å². The average Bonchev–Trinajstić information content (AvgIpc) is 2.54. The first-order valence-corrected chi connectivity index (χ1v) is 8.48. The number of amides is 3. The molecular formula is C18H24F2N2O6. The summed E-state index contributed by atoms with van der Waals surface area (Å²) in [5.41, 5.74) is -0.592. The van der Waals surface area contributed by atoms with Gasteiger partial charge in [0.2, 0.25) is 0 Å². The average molecular weight is 402 g/mol. The summed E-state index contributed by atoms with van der Waals surface area (Å²) in [5, 5.41) is 4.59. The van der Waals surface area contributed by atoms with Crippen molar-refractivity contribution in [2.45, 2.75) is 52.9 Å². The second-order valence-corrected chi connectivity index (χ2v) is 6.71. The second kappa shape index (κ2) is 9.86. The van der Waals surface area contributed by atoms with Gasteiger partial charge in [-0.25, -0.2) is 9.59 Å². The highest BCUT2D eigenvalue weighted by Crippen LogP contribution is 2.30. The predicted octanol–water partition coefficient (Wildman–Crippen LogP) is 2.86. The minimum absolute atomic E-state index is 0.0381. The molecule has 0 saturated heterocycles. The van der Waals surface area contributed by atoms with E-state index in [9.17, 15) is 23.2 Å². The summed E-state index contributed by atoms with van der Waals surface area (Å²) in [7, 11) is 0. The maximum absolute atomic E-state index is 12.4. The van der Waals surface area contributed by atoms with Gasteiger partial charge in [0.25, 0.3) is 5.91 Å². The Morgan fingerprint density at radius 3 is 2.32 bits per heavy atom. The molecule has 0 unspecified atom stereocenters. The Morgan fingerprint density at radius 2 is 1.79 bits per heavy atom. The number of ether oxygens (including phenoxy) is 3. The Morgan fingerprint density at radius 1 is 1.14 bits per heavy atom. The molecule has 0 aliphatic rings. The van der Waals surface area contributed by atoms with Gasteiger partial charge in [0.1, 0.15) is 0 Å². The number of hydrogen-bond acceptors (Lipinski definition) is 6. The molecule has 0 aromatic heterocycles. The van der Waals surface area contributed by atoms with E-state index in [0.717, 1.165) is 6.07 Å². The van der Waals surface area contributed by atoms with E-state index in [4.69, 9.17) is 9.47 Å². The molecule has 0 fully saturated rings. The Bertz CT molecular complexity index is 719. The Balaban J connectivity index is 2.79. The number of carbonyl (C=O) groups is 3. The monoisotopic (exact) mass is 402 g/mol. The molecule has 3 amide bonds. The van der Waals surface area contributed by atoms with Crippen LogP contribution in [0.2, 0.25) is 0 Å². The first-order valence-electron chi connectivity index (χ1n) is 8.48. The molecule has 0 bridgehead atoms. The fourth-order valence-corrected chi connectivity index (χ4v) is 1.96. The number of hydrogen-bond donors (Lipinski definition) is 2. The molecular weight excluding hydrogens is 378 g/mol. The minimum atomic E-state index is -3.06. The van der Waals surface area contributed by atoms with Crippen LogP contribution in [-0.4, -0.2) is 42.8 Å². The Labute approximate surface area is 161 Å². The maximum Gasteiger partial charge on any atom is 0.387 e. The van der Waals surface area contributed by atoms with Crippen molar-refractivity contribution in [2.75, 3.05) is 6.61 Å². The number of halogens is 2. The quantitative estimate of drug-likeness (QED) is 0.680. The molecule has 0 heterocycles. The summed E-state index contributed by atoms with van der Waals surface area (Å²) in [6.45, 7) is 5.22. The molecule has 1 aromatic rings. The highest BCUT2D eigenvalue weighted by molar-refractivity contribution is 5.98. The Kier molecular flexibility index (Phi) is 8.15. The summed E-state index contributed by atoms with van der Waals surface area (Å²) >= 11 is 0. The largest absolute Gasteiger partial charge is 0.490 e. The molecule has 1 rings (SSSR count). The third-order valence-corrected chi connectivity index (χ3v) is 3.07. The zero-order chi connectivity index (χ0) is 21.5. The standard InChI is InChI=1S/C18H24F2N2O6/c1-6-26-13-9-11(7-8-12(13)28-16(19)20)15(24)27-10(2)14(23)21-17(25)22-18(3,4)5/h7-10,16H,6H2,1-5H3,(H2,21,22,23,25)/t10-/m0/s1. The van der Waals surface area contributed by atoms with E-state index in [-0.39, 0.29) is 23.7 Å².